The predicted molar refractivity (Wildman–Crippen MR) is 97.5 cm³/mol. The second-order valence-corrected chi connectivity index (χ2v) is 13.0. The number of hydrogen-bond acceptors (Lipinski definition) is 2. The topological polar surface area (TPSA) is 29.5 Å². The van der Waals surface area contributed by atoms with Crippen LogP contribution in [0.4, 0.5) is 0 Å². The van der Waals surface area contributed by atoms with Gasteiger partial charge in [-0.1, -0.05) is 63.7 Å². The van der Waals surface area contributed by atoms with Crippen LogP contribution >= 0.6 is 0 Å². The summed E-state index contributed by atoms with van der Waals surface area (Å²) in [7, 11) is -2.15. The van der Waals surface area contributed by atoms with Crippen molar-refractivity contribution in [3.8, 4) is 0 Å². The van der Waals surface area contributed by atoms with Crippen LogP contribution in [-0.2, 0) is 11.3 Å². The molecule has 124 valence electrons. The first kappa shape index (κ1) is 19.1. The quantitative estimate of drug-likeness (QED) is 0.598. The molecule has 0 unspecified atom stereocenters. The molecule has 0 spiro atoms. The fourth-order valence-corrected chi connectivity index (χ4v) is 6.45. The second-order valence-electron chi connectivity index (χ2n) is 7.60. The molecule has 0 aliphatic carbocycles. The normalized spacial score (nSPS) is 18.6. The summed E-state index contributed by atoms with van der Waals surface area (Å²) in [4.78, 5) is 0. The summed E-state index contributed by atoms with van der Waals surface area (Å²) >= 11 is 0. The number of rotatable bonds is 6. The van der Waals surface area contributed by atoms with Crippen molar-refractivity contribution in [2.45, 2.75) is 65.0 Å². The zero-order chi connectivity index (χ0) is 17.0. The average Bonchev–Trinajstić information content (AvgIpc) is 2.45. The van der Waals surface area contributed by atoms with Gasteiger partial charge in [-0.3, -0.25) is 0 Å². The lowest BCUT2D eigenvalue weighted by atomic mass is 10.2. The standard InChI is InChI=1S/C19H32O2Si/c1-8-16(2)19(6,20)22(7,18(3,4)5)15-21-14-17-12-10-9-11-13-17/h8-13,20H,14-15H2,1-7H3/b16-8-/t19-,22+/m0/s1. The third-order valence-electron chi connectivity index (χ3n) is 5.43. The molecular weight excluding hydrogens is 288 g/mol. The zero-order valence-corrected chi connectivity index (χ0v) is 16.2. The number of benzene rings is 1. The predicted octanol–water partition coefficient (Wildman–Crippen LogP) is 4.88. The van der Waals surface area contributed by atoms with Crippen molar-refractivity contribution >= 4 is 8.07 Å². The SMILES string of the molecule is C/C=C(/C)[C@@](C)(O)[Si@](C)(COCc1ccccc1)C(C)(C)C. The molecule has 0 saturated heterocycles. The number of allylic oxidation sites excluding steroid dienone is 1. The average molecular weight is 321 g/mol. The number of ether oxygens (including phenoxy) is 1. The first-order valence-corrected chi connectivity index (χ1v) is 10.7. The first-order chi connectivity index (χ1) is 10.1. The fourth-order valence-electron chi connectivity index (χ4n) is 2.75. The van der Waals surface area contributed by atoms with Crippen molar-refractivity contribution in [3.05, 3.63) is 47.5 Å². The minimum Gasteiger partial charge on any atom is -0.389 e. The molecule has 1 rings (SSSR count). The second kappa shape index (κ2) is 7.11. The summed E-state index contributed by atoms with van der Waals surface area (Å²) < 4.78 is 6.07. The Morgan fingerprint density at radius 2 is 1.73 bits per heavy atom. The summed E-state index contributed by atoms with van der Waals surface area (Å²) in [5.74, 6) is 0. The van der Waals surface area contributed by atoms with Crippen LogP contribution in [0.1, 0.15) is 47.1 Å². The maximum absolute atomic E-state index is 11.2. The summed E-state index contributed by atoms with van der Waals surface area (Å²) in [6.07, 6.45) is 2.66. The molecule has 3 heteroatoms. The molecule has 2 nitrogen and oxygen atoms in total. The lowest BCUT2D eigenvalue weighted by Gasteiger charge is -2.50. The van der Waals surface area contributed by atoms with Crippen molar-refractivity contribution < 1.29 is 9.84 Å². The highest BCUT2D eigenvalue weighted by molar-refractivity contribution is 6.84. The maximum atomic E-state index is 11.2. The summed E-state index contributed by atoms with van der Waals surface area (Å²) in [5.41, 5.74) is 2.22. The molecule has 0 saturated carbocycles. The number of aliphatic hydroxyl groups is 1. The van der Waals surface area contributed by atoms with Gasteiger partial charge in [-0.25, -0.2) is 0 Å². The van der Waals surface area contributed by atoms with Gasteiger partial charge in [0, 0.05) is 6.23 Å². The Morgan fingerprint density at radius 3 is 2.18 bits per heavy atom. The first-order valence-electron chi connectivity index (χ1n) is 8.03. The van der Waals surface area contributed by atoms with Crippen molar-refractivity contribution in [3.63, 3.8) is 0 Å². The molecule has 0 bridgehead atoms. The molecule has 22 heavy (non-hydrogen) atoms. The van der Waals surface area contributed by atoms with E-state index in [4.69, 9.17) is 4.74 Å². The largest absolute Gasteiger partial charge is 0.389 e. The highest BCUT2D eigenvalue weighted by Gasteiger charge is 2.54. The number of hydrogen-bond donors (Lipinski definition) is 1. The minimum atomic E-state index is -2.15. The van der Waals surface area contributed by atoms with Gasteiger partial charge in [0.1, 0.15) is 8.07 Å². The van der Waals surface area contributed by atoms with E-state index < -0.39 is 13.3 Å². The van der Waals surface area contributed by atoms with Crippen LogP contribution < -0.4 is 0 Å². The Labute approximate surface area is 137 Å². The van der Waals surface area contributed by atoms with Crippen molar-refractivity contribution in [2.24, 2.45) is 0 Å². The van der Waals surface area contributed by atoms with Gasteiger partial charge in [0.25, 0.3) is 0 Å². The molecular formula is C19H32O2Si. The van der Waals surface area contributed by atoms with Crippen molar-refractivity contribution in [2.75, 3.05) is 6.23 Å². The van der Waals surface area contributed by atoms with Gasteiger partial charge in [-0.2, -0.15) is 0 Å². The minimum absolute atomic E-state index is 0.0391. The van der Waals surface area contributed by atoms with Crippen LogP contribution in [0.15, 0.2) is 42.0 Å². The molecule has 0 aliphatic rings. The van der Waals surface area contributed by atoms with E-state index in [1.54, 1.807) is 0 Å². The molecule has 0 amide bonds. The van der Waals surface area contributed by atoms with Crippen LogP contribution in [0.5, 0.6) is 0 Å². The van der Waals surface area contributed by atoms with E-state index >= 15 is 0 Å². The molecule has 0 aliphatic heterocycles. The molecule has 1 aromatic carbocycles. The van der Waals surface area contributed by atoms with Gasteiger partial charge >= 0.3 is 0 Å². The van der Waals surface area contributed by atoms with Gasteiger partial charge in [-0.05, 0) is 36.9 Å². The fraction of sp³-hybridized carbons (Fsp3) is 0.579. The smallest absolute Gasteiger partial charge is 0.127 e. The highest BCUT2D eigenvalue weighted by atomic mass is 28.3. The third-order valence-corrected chi connectivity index (χ3v) is 12.1. The van der Waals surface area contributed by atoms with E-state index in [1.807, 2.05) is 45.0 Å². The molecule has 0 fully saturated rings. The van der Waals surface area contributed by atoms with Gasteiger partial charge in [-0.15, -0.1) is 0 Å². The van der Waals surface area contributed by atoms with E-state index in [0.29, 0.717) is 12.8 Å². The van der Waals surface area contributed by atoms with E-state index in [1.165, 1.54) is 5.56 Å². The third kappa shape index (κ3) is 3.89. The van der Waals surface area contributed by atoms with E-state index in [0.717, 1.165) is 5.57 Å². The van der Waals surface area contributed by atoms with Crippen LogP contribution in [0, 0.1) is 0 Å². The highest BCUT2D eigenvalue weighted by Crippen LogP contribution is 2.45. The van der Waals surface area contributed by atoms with Crippen LogP contribution in [0.2, 0.25) is 11.6 Å². The van der Waals surface area contributed by atoms with E-state index in [2.05, 4.69) is 39.5 Å². The zero-order valence-electron chi connectivity index (χ0n) is 15.2. The lowest BCUT2D eigenvalue weighted by Crippen LogP contribution is -2.64. The molecule has 0 heterocycles. The molecule has 1 aromatic rings. The molecule has 0 radical (unpaired) electrons. The lowest BCUT2D eigenvalue weighted by molar-refractivity contribution is 0.123. The van der Waals surface area contributed by atoms with Crippen molar-refractivity contribution in [1.29, 1.82) is 0 Å². The Morgan fingerprint density at radius 1 is 1.18 bits per heavy atom. The van der Waals surface area contributed by atoms with Gasteiger partial charge in [0.2, 0.25) is 0 Å². The Balaban J connectivity index is 2.94. The van der Waals surface area contributed by atoms with Crippen LogP contribution in [-0.4, -0.2) is 24.6 Å². The molecule has 1 N–H and O–H groups in total. The molecule has 2 atom stereocenters. The maximum Gasteiger partial charge on any atom is 0.127 e. The Hall–Kier alpha value is -0.903. The van der Waals surface area contributed by atoms with Gasteiger partial charge in [0.15, 0.2) is 0 Å². The van der Waals surface area contributed by atoms with Gasteiger partial charge in [0.05, 0.1) is 11.8 Å². The van der Waals surface area contributed by atoms with Crippen LogP contribution in [0.25, 0.3) is 0 Å². The summed E-state index contributed by atoms with van der Waals surface area (Å²) in [6, 6.07) is 10.2. The monoisotopic (exact) mass is 320 g/mol. The van der Waals surface area contributed by atoms with Crippen LogP contribution in [0.3, 0.4) is 0 Å². The Kier molecular flexibility index (Phi) is 6.19. The van der Waals surface area contributed by atoms with Gasteiger partial charge < -0.3 is 9.84 Å². The van der Waals surface area contributed by atoms with Crippen molar-refractivity contribution in [1.82, 2.24) is 0 Å². The Bertz CT molecular complexity index is 500. The van der Waals surface area contributed by atoms with E-state index in [9.17, 15) is 5.11 Å². The van der Waals surface area contributed by atoms with E-state index in [-0.39, 0.29) is 5.04 Å². The summed E-state index contributed by atoms with van der Waals surface area (Å²) in [5, 5.41) is 10.5. The molecule has 0 aromatic heterocycles. The summed E-state index contributed by atoms with van der Waals surface area (Å²) in [6.45, 7) is 15.5.